The van der Waals surface area contributed by atoms with Crippen molar-refractivity contribution >= 4 is 27.7 Å². The summed E-state index contributed by atoms with van der Waals surface area (Å²) in [5.41, 5.74) is 4.30. The Balaban J connectivity index is 1.32. The van der Waals surface area contributed by atoms with Crippen molar-refractivity contribution in [1.82, 2.24) is 19.6 Å². The van der Waals surface area contributed by atoms with Gasteiger partial charge in [0.25, 0.3) is 12.3 Å². The molecule has 1 aromatic heterocycles. The topological polar surface area (TPSA) is 103 Å². The van der Waals surface area contributed by atoms with Gasteiger partial charge in [0.1, 0.15) is 11.5 Å². The molecule has 0 saturated heterocycles. The number of alkyl halides is 2. The second kappa shape index (κ2) is 10.7. The largest absolute Gasteiger partial charge is 0.385 e. The van der Waals surface area contributed by atoms with E-state index in [0.717, 1.165) is 11.4 Å². The molecule has 222 valence electrons. The van der Waals surface area contributed by atoms with Gasteiger partial charge in [-0.15, -0.1) is 0 Å². The molecule has 3 atom stereocenters. The first kappa shape index (κ1) is 28.0. The van der Waals surface area contributed by atoms with Gasteiger partial charge in [-0.05, 0) is 70.6 Å². The summed E-state index contributed by atoms with van der Waals surface area (Å²) in [5.74, 6) is -0.197. The molecular formula is C31H29BrF2N6O3. The van der Waals surface area contributed by atoms with Crippen molar-refractivity contribution in [2.45, 2.75) is 56.3 Å². The number of fused-ring (bicyclic) bond motifs is 1. The van der Waals surface area contributed by atoms with E-state index in [9.17, 15) is 23.5 Å². The van der Waals surface area contributed by atoms with Crippen LogP contribution in [0.25, 0.3) is 5.69 Å². The molecule has 7 rings (SSSR count). The van der Waals surface area contributed by atoms with E-state index in [1.807, 2.05) is 16.8 Å². The summed E-state index contributed by atoms with van der Waals surface area (Å²) in [6.45, 7) is 3.99. The van der Waals surface area contributed by atoms with Crippen LogP contribution in [-0.4, -0.2) is 68.7 Å². The number of halogens is 3. The van der Waals surface area contributed by atoms with Crippen molar-refractivity contribution in [2.75, 3.05) is 19.6 Å². The number of aliphatic hydroxyl groups is 1. The van der Waals surface area contributed by atoms with Crippen molar-refractivity contribution in [3.63, 3.8) is 0 Å². The molecule has 1 saturated carbocycles. The van der Waals surface area contributed by atoms with Crippen molar-refractivity contribution in [2.24, 2.45) is 9.98 Å². The Morgan fingerprint density at radius 3 is 2.49 bits per heavy atom. The van der Waals surface area contributed by atoms with E-state index in [2.05, 4.69) is 44.6 Å². The molecule has 43 heavy (non-hydrogen) atoms. The summed E-state index contributed by atoms with van der Waals surface area (Å²) in [4.78, 5) is 38.2. The molecule has 4 aliphatic rings. The number of aliphatic hydroxyl groups excluding tert-OH is 1. The number of amides is 2. The van der Waals surface area contributed by atoms with Crippen LogP contribution in [-0.2, 0) is 11.2 Å². The molecule has 0 radical (unpaired) electrons. The van der Waals surface area contributed by atoms with Gasteiger partial charge in [0.2, 0.25) is 12.1 Å². The number of hydrogen-bond donors (Lipinski definition) is 1. The lowest BCUT2D eigenvalue weighted by atomic mass is 9.80. The minimum atomic E-state index is -2.81. The van der Waals surface area contributed by atoms with E-state index < -0.39 is 30.6 Å². The minimum Gasteiger partial charge on any atom is -0.385 e. The van der Waals surface area contributed by atoms with Gasteiger partial charge in [0.05, 0.1) is 40.6 Å². The van der Waals surface area contributed by atoms with Crippen LogP contribution in [0.1, 0.15) is 70.2 Å². The molecule has 1 N–H and O–H groups in total. The molecular weight excluding hydrogens is 622 g/mol. The predicted octanol–water partition coefficient (Wildman–Crippen LogP) is 3.55. The van der Waals surface area contributed by atoms with Crippen LogP contribution in [0.3, 0.4) is 0 Å². The van der Waals surface area contributed by atoms with E-state index >= 15 is 0 Å². The molecule has 3 aliphatic heterocycles. The first-order valence-electron chi connectivity index (χ1n) is 14.4. The maximum absolute atomic E-state index is 14.2. The number of nitrogens with zero attached hydrogens (tertiary/aromatic N) is 6. The fourth-order valence-electron chi connectivity index (χ4n) is 6.58. The summed E-state index contributed by atoms with van der Waals surface area (Å²) in [6.07, 6.45) is -0.194. The number of rotatable bonds is 5. The Morgan fingerprint density at radius 1 is 1.07 bits per heavy atom. The minimum absolute atomic E-state index is 0.00851. The zero-order valence-corrected chi connectivity index (χ0v) is 24.8. The number of hydrogen-bond acceptors (Lipinski definition) is 6. The molecule has 4 heterocycles. The second-order valence-electron chi connectivity index (χ2n) is 11.4. The standard InChI is InChI=1S/C31H29BrF2N6O3/c1-2-24(42)38-14-22-25-21(40(37-28(25)23(41)15-38)18-8-6-17(7-9-18)16-4-3-5-16)12-13-39(22)31(43)19-10-11-20(32)27-26(19)35-30(36-27)29(33)34/h2,6-11,16,22-23,29-30,41H,1,3-5,12-15H2. The number of carbonyl (C=O) groups is 2. The Labute approximate surface area is 254 Å². The molecule has 0 spiro atoms. The average Bonchev–Trinajstić information content (AvgIpc) is 3.56. The normalized spacial score (nSPS) is 22.7. The fourth-order valence-corrected chi connectivity index (χ4v) is 7.00. The molecule has 3 aromatic rings. The molecule has 3 unspecified atom stereocenters. The summed E-state index contributed by atoms with van der Waals surface area (Å²) in [7, 11) is 0. The van der Waals surface area contributed by atoms with Crippen LogP contribution >= 0.6 is 15.9 Å². The van der Waals surface area contributed by atoms with Gasteiger partial charge >= 0.3 is 0 Å². The van der Waals surface area contributed by atoms with Crippen molar-refractivity contribution in [3.05, 3.63) is 92.3 Å². The third kappa shape index (κ3) is 4.62. The highest BCUT2D eigenvalue weighted by atomic mass is 79.9. The SMILES string of the molecule is C=CC(=O)N1CC(O)c2nn(-c3ccc(C4CCC4)cc3)c3c2C(C1)N(C(=O)c1ccc(Br)c2c1=NC(C(F)F)N=2)CC3. The first-order chi connectivity index (χ1) is 20.7. The number of β-amino-alcohol motifs (C(OH)–C–C–N with tert-alkyl or cyclic N) is 1. The molecule has 9 nitrogen and oxygen atoms in total. The lowest BCUT2D eigenvalue weighted by Crippen LogP contribution is -2.47. The highest BCUT2D eigenvalue weighted by Crippen LogP contribution is 2.41. The summed E-state index contributed by atoms with van der Waals surface area (Å²) < 4.78 is 29.4. The highest BCUT2D eigenvalue weighted by Gasteiger charge is 2.43. The highest BCUT2D eigenvalue weighted by molar-refractivity contribution is 9.10. The van der Waals surface area contributed by atoms with E-state index in [1.165, 1.54) is 35.8 Å². The first-order valence-corrected chi connectivity index (χ1v) is 15.2. The lowest BCUT2D eigenvalue weighted by molar-refractivity contribution is -0.128. The molecule has 0 bridgehead atoms. The van der Waals surface area contributed by atoms with Crippen LogP contribution in [0.4, 0.5) is 8.78 Å². The monoisotopic (exact) mass is 650 g/mol. The van der Waals surface area contributed by atoms with Gasteiger partial charge in [-0.25, -0.2) is 23.4 Å². The van der Waals surface area contributed by atoms with Crippen LogP contribution in [0.15, 0.2) is 63.5 Å². The van der Waals surface area contributed by atoms with Gasteiger partial charge in [-0.2, -0.15) is 5.10 Å². The Bertz CT molecular complexity index is 1770. The molecule has 2 aromatic carbocycles. The Morgan fingerprint density at radius 2 is 1.81 bits per heavy atom. The maximum atomic E-state index is 14.2. The maximum Gasteiger partial charge on any atom is 0.280 e. The van der Waals surface area contributed by atoms with Crippen molar-refractivity contribution in [1.29, 1.82) is 0 Å². The van der Waals surface area contributed by atoms with Gasteiger partial charge in [-0.1, -0.05) is 25.1 Å². The quantitative estimate of drug-likeness (QED) is 0.427. The lowest BCUT2D eigenvalue weighted by Gasteiger charge is -2.37. The number of benzene rings is 2. The molecule has 1 aliphatic carbocycles. The van der Waals surface area contributed by atoms with Crippen molar-refractivity contribution in [3.8, 4) is 5.69 Å². The van der Waals surface area contributed by atoms with Gasteiger partial charge in [0.15, 0.2) is 0 Å². The summed E-state index contributed by atoms with van der Waals surface area (Å²) >= 11 is 3.35. The predicted molar refractivity (Wildman–Crippen MR) is 156 cm³/mol. The number of aromatic nitrogens is 2. The molecule has 2 amide bonds. The van der Waals surface area contributed by atoms with E-state index in [1.54, 1.807) is 17.0 Å². The summed E-state index contributed by atoms with van der Waals surface area (Å²) in [5, 5.41) is 16.5. The number of carbonyl (C=O) groups excluding carboxylic acids is 2. The van der Waals surface area contributed by atoms with Crippen molar-refractivity contribution < 1.29 is 23.5 Å². The molecule has 1 fully saturated rings. The van der Waals surface area contributed by atoms with Crippen LogP contribution < -0.4 is 10.7 Å². The summed E-state index contributed by atoms with van der Waals surface area (Å²) in [6, 6.07) is 10.9. The third-order valence-electron chi connectivity index (χ3n) is 8.99. The van der Waals surface area contributed by atoms with Gasteiger partial charge < -0.3 is 14.9 Å². The van der Waals surface area contributed by atoms with Crippen LogP contribution in [0.5, 0.6) is 0 Å². The average molecular weight is 652 g/mol. The Hall–Kier alpha value is -3.77. The van der Waals surface area contributed by atoms with E-state index in [0.29, 0.717) is 28.1 Å². The Kier molecular flexibility index (Phi) is 7.00. The smallest absolute Gasteiger partial charge is 0.280 e. The third-order valence-corrected chi connectivity index (χ3v) is 9.63. The zero-order valence-electron chi connectivity index (χ0n) is 23.2. The van der Waals surface area contributed by atoms with Gasteiger partial charge in [0, 0.05) is 29.5 Å². The van der Waals surface area contributed by atoms with Crippen LogP contribution in [0, 0.1) is 0 Å². The van der Waals surface area contributed by atoms with E-state index in [4.69, 9.17) is 5.10 Å². The molecule has 12 heteroatoms. The van der Waals surface area contributed by atoms with Gasteiger partial charge in [-0.3, -0.25) is 9.59 Å². The van der Waals surface area contributed by atoms with E-state index in [-0.39, 0.29) is 41.8 Å². The second-order valence-corrected chi connectivity index (χ2v) is 12.3. The van der Waals surface area contributed by atoms with Crippen LogP contribution in [0.2, 0.25) is 0 Å². The zero-order chi connectivity index (χ0) is 30.0. The fraction of sp³-hybridized carbons (Fsp3) is 0.387.